The Morgan fingerprint density at radius 1 is 0.783 bits per heavy atom. The Hall–Kier alpha value is 3.71. The van der Waals surface area contributed by atoms with Crippen LogP contribution in [0.15, 0.2) is 22.3 Å². The fraction of sp³-hybridized carbons (Fsp3) is 0.600. The van der Waals surface area contributed by atoms with E-state index in [0.717, 1.165) is 11.1 Å². The van der Waals surface area contributed by atoms with E-state index in [-0.39, 0.29) is 147 Å². The van der Waals surface area contributed by atoms with E-state index >= 15 is 0 Å². The molecule has 118 valence electrons. The van der Waals surface area contributed by atoms with Crippen molar-refractivity contribution in [3.05, 3.63) is 35.5 Å². The van der Waals surface area contributed by atoms with Crippen LogP contribution < -0.4 is 0 Å². The van der Waals surface area contributed by atoms with Crippen molar-refractivity contribution in [2.75, 3.05) is 0 Å². The van der Waals surface area contributed by atoms with E-state index in [9.17, 15) is 4.21 Å². The zero-order chi connectivity index (χ0) is 14.2. The summed E-state index contributed by atoms with van der Waals surface area (Å²) >= 11 is -1.72. The monoisotopic (exact) mass is 636 g/mol. The zero-order valence-corrected chi connectivity index (χ0v) is 26.8. The van der Waals surface area contributed by atoms with Crippen LogP contribution in [-0.4, -0.2) is 4.21 Å². The topological polar surface area (TPSA) is 35.5 Å². The summed E-state index contributed by atoms with van der Waals surface area (Å²) in [6.45, 7) is 16.8. The summed E-state index contributed by atoms with van der Waals surface area (Å²) < 4.78 is 21.8. The van der Waals surface area contributed by atoms with Gasteiger partial charge in [0, 0.05) is 131 Å². The van der Waals surface area contributed by atoms with Gasteiger partial charge in [0.15, 0.2) is 0 Å². The van der Waals surface area contributed by atoms with Crippen LogP contribution in [0.3, 0.4) is 0 Å². The third-order valence-electron chi connectivity index (χ3n) is 6.42. The van der Waals surface area contributed by atoms with Crippen molar-refractivity contribution in [2.24, 2.45) is 16.2 Å². The molecule has 0 N–H and O–H groups in total. The minimum Gasteiger partial charge on any atom is -0.353 e. The summed E-state index contributed by atoms with van der Waals surface area (Å²) in [5.74, 6) is 0. The van der Waals surface area contributed by atoms with Gasteiger partial charge in [0.2, 0.25) is 0 Å². The maximum atomic E-state index is 11.4. The molecule has 3 aliphatic rings. The van der Waals surface area contributed by atoms with Gasteiger partial charge in [0.25, 0.3) is 11.4 Å². The smallest absolute Gasteiger partial charge is 0.274 e. The molecular weight excluding hydrogens is 616 g/mol. The molecule has 0 aromatic heterocycles. The third-order valence-corrected chi connectivity index (χ3v) is 6.93. The fourth-order valence-electron chi connectivity index (χ4n) is 4.36. The molecule has 2 unspecified atom stereocenters. The molecule has 0 saturated heterocycles. The second-order valence-corrected chi connectivity index (χ2v) is 7.38. The molecule has 3 rings (SSSR count). The Morgan fingerprint density at radius 3 is 1.39 bits per heavy atom. The first-order valence-corrected chi connectivity index (χ1v) is 7.55. The summed E-state index contributed by atoms with van der Waals surface area (Å²) in [6, 6.07) is 0. The largest absolute Gasteiger partial charge is 0.353 e. The van der Waals surface area contributed by atoms with Crippen molar-refractivity contribution in [3.63, 3.8) is 0 Å². The number of fused-ring (bicyclic) bond motifs is 4. The predicted octanol–water partition coefficient (Wildman–Crippen LogP) is 3.62. The van der Waals surface area contributed by atoms with E-state index in [1.54, 1.807) is 13.2 Å². The van der Waals surface area contributed by atoms with Crippen LogP contribution >= 0.6 is 0 Å². The molecule has 23 heavy (non-hydrogen) atoms. The zero-order valence-electron chi connectivity index (χ0n) is 14.6. The summed E-state index contributed by atoms with van der Waals surface area (Å²) in [6.07, 6.45) is 0. The van der Waals surface area contributed by atoms with E-state index in [0.29, 0.717) is 0 Å². The van der Waals surface area contributed by atoms with Crippen LogP contribution in [0.5, 0.6) is 0 Å². The minimum atomic E-state index is -1.72. The van der Waals surface area contributed by atoms with Gasteiger partial charge in [0.1, 0.15) is 0 Å². The quantitative estimate of drug-likeness (QED) is 0.302. The molecule has 0 aromatic rings. The standard InChI is InChI=1S/C15H20O3S.4Y/c1-9-10(2)15(6)12-8-18-19(16)17-7-11(12)14(9,5)13(15,3)4;;;;/h7-8H,1-6H3;;;;/q-2;;;;. The minimum absolute atomic E-state index is 0. The van der Waals surface area contributed by atoms with E-state index < -0.39 is 11.4 Å². The number of allylic oxidation sites excluding steroid dienone is 2. The molecule has 4 radical (unpaired) electrons. The van der Waals surface area contributed by atoms with Crippen molar-refractivity contribution >= 4 is 11.4 Å². The molecule has 1 aliphatic heterocycles. The summed E-state index contributed by atoms with van der Waals surface area (Å²) in [7, 11) is 0. The van der Waals surface area contributed by atoms with E-state index in [2.05, 4.69) is 41.5 Å². The molecular formula is C15H20O3SY4-2. The van der Waals surface area contributed by atoms with Crippen LogP contribution in [0.2, 0.25) is 0 Å². The average Bonchev–Trinajstić information content (AvgIpc) is 2.54. The molecule has 2 aliphatic carbocycles. The van der Waals surface area contributed by atoms with Gasteiger partial charge in [-0.2, -0.15) is 17.4 Å². The SMILES string of the molecule is CC1=C(C)C2(C)C3=C([CH-]OS(=O)O[CH-]3)C1(C)C2(C)C.[Y].[Y].[Y].[Y]. The first kappa shape index (κ1) is 28.9. The van der Waals surface area contributed by atoms with Gasteiger partial charge >= 0.3 is 0 Å². The normalized spacial score (nSPS) is 36.2. The van der Waals surface area contributed by atoms with Crippen LogP contribution in [0, 0.1) is 29.5 Å². The van der Waals surface area contributed by atoms with Crippen LogP contribution in [0.25, 0.3) is 0 Å². The first-order chi connectivity index (χ1) is 8.69. The fourth-order valence-corrected chi connectivity index (χ4v) is 4.76. The second-order valence-electron chi connectivity index (χ2n) is 6.58. The Kier molecular flexibility index (Phi) is 11.9. The molecule has 0 amide bonds. The predicted molar refractivity (Wildman–Crippen MR) is 74.3 cm³/mol. The molecule has 0 spiro atoms. The Morgan fingerprint density at radius 2 is 1.09 bits per heavy atom. The number of hydrogen-bond donors (Lipinski definition) is 0. The molecule has 1 heterocycles. The summed E-state index contributed by atoms with van der Waals surface area (Å²) in [5.41, 5.74) is 4.82. The van der Waals surface area contributed by atoms with Gasteiger partial charge in [-0.05, 0) is 19.3 Å². The van der Waals surface area contributed by atoms with Gasteiger partial charge in [-0.25, -0.2) is 0 Å². The van der Waals surface area contributed by atoms with Gasteiger partial charge in [-0.15, -0.1) is 0 Å². The molecule has 0 fully saturated rings. The van der Waals surface area contributed by atoms with E-state index in [1.165, 1.54) is 11.1 Å². The van der Waals surface area contributed by atoms with E-state index in [1.807, 2.05) is 0 Å². The Balaban J connectivity index is 0. The molecule has 0 aromatic carbocycles. The van der Waals surface area contributed by atoms with Gasteiger partial charge in [-0.1, -0.05) is 49.7 Å². The van der Waals surface area contributed by atoms with Crippen LogP contribution in [-0.2, 0) is 151 Å². The molecule has 3 nitrogen and oxygen atoms in total. The third kappa shape index (κ3) is 3.56. The van der Waals surface area contributed by atoms with Crippen LogP contribution in [0.1, 0.15) is 41.5 Å². The average molecular weight is 636 g/mol. The van der Waals surface area contributed by atoms with Crippen LogP contribution in [0.4, 0.5) is 0 Å². The molecule has 2 atom stereocenters. The van der Waals surface area contributed by atoms with E-state index in [4.69, 9.17) is 8.37 Å². The Labute approximate surface area is 243 Å². The molecule has 0 saturated carbocycles. The van der Waals surface area contributed by atoms with Crippen molar-refractivity contribution in [2.45, 2.75) is 41.5 Å². The summed E-state index contributed by atoms with van der Waals surface area (Å²) in [4.78, 5) is 0. The summed E-state index contributed by atoms with van der Waals surface area (Å²) in [5, 5.41) is 0. The maximum absolute atomic E-state index is 11.4. The maximum Gasteiger partial charge on any atom is 0.274 e. The number of hydrogen-bond acceptors (Lipinski definition) is 3. The number of rotatable bonds is 0. The van der Waals surface area contributed by atoms with Crippen molar-refractivity contribution in [1.29, 1.82) is 0 Å². The van der Waals surface area contributed by atoms with Gasteiger partial charge in [-0.3, -0.25) is 0 Å². The van der Waals surface area contributed by atoms with Crippen molar-refractivity contribution < 1.29 is 143 Å². The molecule has 8 heteroatoms. The first-order valence-electron chi connectivity index (χ1n) is 6.55. The van der Waals surface area contributed by atoms with Crippen molar-refractivity contribution in [1.82, 2.24) is 0 Å². The molecule has 2 bridgehead atoms. The Bertz CT molecular complexity index is 529. The van der Waals surface area contributed by atoms with Crippen molar-refractivity contribution in [3.8, 4) is 0 Å². The second kappa shape index (κ2) is 9.47. The van der Waals surface area contributed by atoms with Gasteiger partial charge in [0.05, 0.1) is 0 Å². The van der Waals surface area contributed by atoms with Gasteiger partial charge < -0.3 is 19.5 Å².